The summed E-state index contributed by atoms with van der Waals surface area (Å²) in [5, 5.41) is 13.8. The standard InChI is InChI=1S/C22H26FN5O2/c23-15-10-14(22(26)30)19(12-20(15)27-18-9-5-4-8-16(18)24)28-21(29)11-17(25)13-6-2-1-3-7-13/h1-3,6-7,10,12,16,18,25,27H,4-5,8-9,11,24H2,(H2,26,30)(H,28,29). The zero-order valence-electron chi connectivity index (χ0n) is 16.6. The van der Waals surface area contributed by atoms with Gasteiger partial charge in [0, 0.05) is 17.8 Å². The Bertz CT molecular complexity index is 948. The van der Waals surface area contributed by atoms with E-state index in [9.17, 15) is 14.0 Å². The van der Waals surface area contributed by atoms with Gasteiger partial charge in [-0.05, 0) is 30.5 Å². The lowest BCUT2D eigenvalue weighted by atomic mass is 9.91. The molecule has 1 fully saturated rings. The highest BCUT2D eigenvalue weighted by molar-refractivity contribution is 6.13. The fourth-order valence-electron chi connectivity index (χ4n) is 3.63. The molecule has 7 nitrogen and oxygen atoms in total. The Labute approximate surface area is 174 Å². The third kappa shape index (κ3) is 5.21. The number of nitrogens with two attached hydrogens (primary N) is 2. The Morgan fingerprint density at radius 3 is 2.47 bits per heavy atom. The summed E-state index contributed by atoms with van der Waals surface area (Å²) in [4.78, 5) is 24.2. The number of anilines is 2. The Balaban J connectivity index is 1.78. The fourth-order valence-corrected chi connectivity index (χ4v) is 3.63. The average Bonchev–Trinajstić information content (AvgIpc) is 2.72. The van der Waals surface area contributed by atoms with Gasteiger partial charge in [-0.25, -0.2) is 4.39 Å². The number of carbonyl (C=O) groups is 2. The summed E-state index contributed by atoms with van der Waals surface area (Å²) in [6.45, 7) is 0. The maximum atomic E-state index is 14.6. The van der Waals surface area contributed by atoms with Gasteiger partial charge in [0.05, 0.1) is 23.4 Å². The number of primary amides is 1. The van der Waals surface area contributed by atoms with E-state index in [1.807, 2.05) is 6.07 Å². The van der Waals surface area contributed by atoms with Crippen LogP contribution in [0.2, 0.25) is 0 Å². The first kappa shape index (κ1) is 21.4. The largest absolute Gasteiger partial charge is 0.378 e. The lowest BCUT2D eigenvalue weighted by Crippen LogP contribution is -2.42. The predicted octanol–water partition coefficient (Wildman–Crippen LogP) is 3.00. The van der Waals surface area contributed by atoms with Crippen molar-refractivity contribution >= 4 is 28.9 Å². The van der Waals surface area contributed by atoms with Crippen LogP contribution in [-0.4, -0.2) is 29.6 Å². The second kappa shape index (κ2) is 9.49. The average molecular weight is 411 g/mol. The molecule has 1 saturated carbocycles. The molecule has 0 radical (unpaired) electrons. The first-order chi connectivity index (χ1) is 14.3. The van der Waals surface area contributed by atoms with E-state index in [0.717, 1.165) is 31.7 Å². The van der Waals surface area contributed by atoms with Crippen LogP contribution in [0, 0.1) is 11.2 Å². The van der Waals surface area contributed by atoms with E-state index in [1.165, 1.54) is 6.07 Å². The molecule has 2 unspecified atom stereocenters. The van der Waals surface area contributed by atoms with Crippen LogP contribution >= 0.6 is 0 Å². The summed E-state index contributed by atoms with van der Waals surface area (Å²) in [7, 11) is 0. The maximum absolute atomic E-state index is 14.6. The third-order valence-electron chi connectivity index (χ3n) is 5.27. The van der Waals surface area contributed by atoms with Crippen molar-refractivity contribution in [3.63, 3.8) is 0 Å². The molecular formula is C22H26FN5O2. The SMILES string of the molecule is N=C(CC(=O)Nc1cc(NC2CCCCC2N)c(F)cc1C(N)=O)c1ccccc1. The Morgan fingerprint density at radius 1 is 1.10 bits per heavy atom. The fraction of sp³-hybridized carbons (Fsp3) is 0.318. The van der Waals surface area contributed by atoms with E-state index >= 15 is 0 Å². The molecule has 0 heterocycles. The molecule has 0 spiro atoms. The number of halogens is 1. The molecule has 1 aliphatic rings. The van der Waals surface area contributed by atoms with Crippen LogP contribution in [0.1, 0.15) is 48.0 Å². The smallest absolute Gasteiger partial charge is 0.250 e. The molecule has 2 aromatic carbocycles. The van der Waals surface area contributed by atoms with Crippen LogP contribution < -0.4 is 22.1 Å². The van der Waals surface area contributed by atoms with Crippen molar-refractivity contribution < 1.29 is 14.0 Å². The highest BCUT2D eigenvalue weighted by Crippen LogP contribution is 2.28. The molecular weight excluding hydrogens is 385 g/mol. The van der Waals surface area contributed by atoms with Gasteiger partial charge < -0.3 is 27.5 Å². The molecule has 2 atom stereocenters. The van der Waals surface area contributed by atoms with Crippen LogP contribution in [0.3, 0.4) is 0 Å². The summed E-state index contributed by atoms with van der Waals surface area (Å²) < 4.78 is 14.6. The quantitative estimate of drug-likeness (QED) is 0.448. The zero-order valence-corrected chi connectivity index (χ0v) is 16.6. The van der Waals surface area contributed by atoms with Crippen LogP contribution in [0.5, 0.6) is 0 Å². The summed E-state index contributed by atoms with van der Waals surface area (Å²) in [5.41, 5.74) is 12.4. The van der Waals surface area contributed by atoms with Crippen molar-refractivity contribution in [3.05, 3.63) is 59.4 Å². The number of hydrogen-bond donors (Lipinski definition) is 5. The molecule has 0 aromatic heterocycles. The summed E-state index contributed by atoms with van der Waals surface area (Å²) in [5.74, 6) is -2.00. The molecule has 2 amide bonds. The van der Waals surface area contributed by atoms with E-state index in [1.54, 1.807) is 24.3 Å². The number of hydrogen-bond acceptors (Lipinski definition) is 5. The minimum absolute atomic E-state index is 0.0949. The van der Waals surface area contributed by atoms with Gasteiger partial charge in [-0.2, -0.15) is 0 Å². The molecule has 7 N–H and O–H groups in total. The van der Waals surface area contributed by atoms with Crippen molar-refractivity contribution in [1.29, 1.82) is 5.41 Å². The molecule has 8 heteroatoms. The van der Waals surface area contributed by atoms with Crippen molar-refractivity contribution in [2.75, 3.05) is 10.6 Å². The summed E-state index contributed by atoms with van der Waals surface area (Å²) in [6, 6.07) is 11.0. The van der Waals surface area contributed by atoms with E-state index in [2.05, 4.69) is 10.6 Å². The topological polar surface area (TPSA) is 134 Å². The summed E-state index contributed by atoms with van der Waals surface area (Å²) in [6.07, 6.45) is 3.50. The van der Waals surface area contributed by atoms with Crippen LogP contribution in [-0.2, 0) is 4.79 Å². The normalized spacial score (nSPS) is 18.5. The van der Waals surface area contributed by atoms with Gasteiger partial charge in [0.2, 0.25) is 5.91 Å². The van der Waals surface area contributed by atoms with Gasteiger partial charge in [0.15, 0.2) is 0 Å². The third-order valence-corrected chi connectivity index (χ3v) is 5.27. The first-order valence-corrected chi connectivity index (χ1v) is 9.93. The minimum atomic E-state index is -0.858. The van der Waals surface area contributed by atoms with Gasteiger partial charge in [0.1, 0.15) is 5.82 Å². The monoisotopic (exact) mass is 411 g/mol. The first-order valence-electron chi connectivity index (χ1n) is 9.93. The maximum Gasteiger partial charge on any atom is 0.250 e. The van der Waals surface area contributed by atoms with Gasteiger partial charge in [-0.1, -0.05) is 43.2 Å². The lowest BCUT2D eigenvalue weighted by Gasteiger charge is -2.30. The molecule has 0 saturated heterocycles. The molecule has 0 bridgehead atoms. The Hall–Kier alpha value is -3.26. The Kier molecular flexibility index (Phi) is 6.79. The van der Waals surface area contributed by atoms with Crippen molar-refractivity contribution in [3.8, 4) is 0 Å². The highest BCUT2D eigenvalue weighted by Gasteiger charge is 2.24. The van der Waals surface area contributed by atoms with Gasteiger partial charge in [-0.15, -0.1) is 0 Å². The molecule has 0 aliphatic heterocycles. The molecule has 3 rings (SSSR count). The van der Waals surface area contributed by atoms with Crippen LogP contribution in [0.4, 0.5) is 15.8 Å². The number of carbonyl (C=O) groups excluding carboxylic acids is 2. The van der Waals surface area contributed by atoms with Gasteiger partial charge in [0.25, 0.3) is 5.91 Å². The highest BCUT2D eigenvalue weighted by atomic mass is 19.1. The van der Waals surface area contributed by atoms with E-state index in [0.29, 0.717) is 5.56 Å². The molecule has 30 heavy (non-hydrogen) atoms. The Morgan fingerprint density at radius 2 is 1.80 bits per heavy atom. The predicted molar refractivity (Wildman–Crippen MR) is 115 cm³/mol. The van der Waals surface area contributed by atoms with Crippen LogP contribution in [0.15, 0.2) is 42.5 Å². The lowest BCUT2D eigenvalue weighted by molar-refractivity contribution is -0.115. The van der Waals surface area contributed by atoms with Gasteiger partial charge in [-0.3, -0.25) is 9.59 Å². The number of nitrogens with one attached hydrogen (secondary N) is 3. The van der Waals surface area contributed by atoms with E-state index in [-0.39, 0.29) is 41.2 Å². The van der Waals surface area contributed by atoms with Crippen molar-refractivity contribution in [2.24, 2.45) is 11.5 Å². The van der Waals surface area contributed by atoms with Crippen molar-refractivity contribution in [1.82, 2.24) is 0 Å². The second-order valence-corrected chi connectivity index (χ2v) is 7.51. The minimum Gasteiger partial charge on any atom is -0.378 e. The number of benzene rings is 2. The van der Waals surface area contributed by atoms with E-state index < -0.39 is 17.6 Å². The van der Waals surface area contributed by atoms with E-state index in [4.69, 9.17) is 16.9 Å². The molecule has 2 aromatic rings. The van der Waals surface area contributed by atoms with Gasteiger partial charge >= 0.3 is 0 Å². The molecule has 158 valence electrons. The zero-order chi connectivity index (χ0) is 21.7. The van der Waals surface area contributed by atoms with Crippen LogP contribution in [0.25, 0.3) is 0 Å². The second-order valence-electron chi connectivity index (χ2n) is 7.51. The summed E-state index contributed by atoms with van der Waals surface area (Å²) >= 11 is 0. The van der Waals surface area contributed by atoms with Crippen molar-refractivity contribution in [2.45, 2.75) is 44.2 Å². The molecule has 1 aliphatic carbocycles. The number of rotatable bonds is 7. The number of amides is 2.